The molecule has 1 saturated carbocycles. The molecule has 35 heavy (non-hydrogen) atoms. The predicted molar refractivity (Wildman–Crippen MR) is 138 cm³/mol. The summed E-state index contributed by atoms with van der Waals surface area (Å²) < 4.78 is 11.9. The van der Waals surface area contributed by atoms with Crippen LogP contribution in [0.3, 0.4) is 0 Å². The third-order valence-electron chi connectivity index (χ3n) is 6.96. The van der Waals surface area contributed by atoms with Gasteiger partial charge in [0.25, 0.3) is 0 Å². The number of ketones is 1. The van der Waals surface area contributed by atoms with Crippen LogP contribution in [0.5, 0.6) is 0 Å². The van der Waals surface area contributed by atoms with Gasteiger partial charge in [-0.1, -0.05) is 61.7 Å². The molecule has 0 bridgehead atoms. The largest absolute Gasteiger partial charge is 0.456 e. The molecule has 1 aliphatic heterocycles. The summed E-state index contributed by atoms with van der Waals surface area (Å²) in [4.78, 5) is 25.8. The first-order chi connectivity index (χ1) is 16.8. The Morgan fingerprint density at radius 1 is 0.914 bits per heavy atom. The number of nitrogens with one attached hydrogen (secondary N) is 1. The van der Waals surface area contributed by atoms with Gasteiger partial charge in [-0.2, -0.15) is 0 Å². The van der Waals surface area contributed by atoms with Crippen molar-refractivity contribution in [3.8, 4) is 0 Å². The van der Waals surface area contributed by atoms with Crippen molar-refractivity contribution in [1.82, 2.24) is 5.32 Å². The van der Waals surface area contributed by atoms with Crippen molar-refractivity contribution < 1.29 is 19.1 Å². The van der Waals surface area contributed by atoms with E-state index in [0.717, 1.165) is 24.8 Å². The second-order valence-corrected chi connectivity index (χ2v) is 11.0. The summed E-state index contributed by atoms with van der Waals surface area (Å²) in [6.07, 6.45) is 7.75. The number of esters is 1. The van der Waals surface area contributed by atoms with Crippen LogP contribution in [0.15, 0.2) is 54.6 Å². The molecule has 0 amide bonds. The number of Topliss-reactive ketones (excluding diaryl/α,β-unsaturated/α-hetero) is 1. The normalized spacial score (nSPS) is 23.6. The molecule has 1 N–H and O–H groups in total. The number of hydrogen-bond donors (Lipinski definition) is 1. The van der Waals surface area contributed by atoms with E-state index >= 15 is 0 Å². The van der Waals surface area contributed by atoms with Crippen LogP contribution < -0.4 is 5.32 Å². The standard InChI is InChI=1S/C30H39NO4/c1-30(2,3)35-29(33)23-16-14-21(15-17-23)18-27(32)28-26(22-10-6-4-7-11-22)19-25(20-31-28)34-24-12-8-5-9-13-24/h4,6-7,10-11,14-17,24-26,28,31H,5,8-9,12-13,18-20H2,1-3H3/t25-,26-,28-/m0/s1. The highest BCUT2D eigenvalue weighted by Crippen LogP contribution is 2.32. The number of benzene rings is 2. The molecular formula is C30H39NO4. The second-order valence-electron chi connectivity index (χ2n) is 11.0. The van der Waals surface area contributed by atoms with Gasteiger partial charge in [-0.3, -0.25) is 4.79 Å². The lowest BCUT2D eigenvalue weighted by Crippen LogP contribution is -2.52. The van der Waals surface area contributed by atoms with Crippen molar-refractivity contribution in [2.75, 3.05) is 6.54 Å². The van der Waals surface area contributed by atoms with Gasteiger partial charge < -0.3 is 14.8 Å². The van der Waals surface area contributed by atoms with E-state index in [1.165, 1.54) is 24.8 Å². The number of carbonyl (C=O) groups is 2. The van der Waals surface area contributed by atoms with Crippen LogP contribution >= 0.6 is 0 Å². The summed E-state index contributed by atoms with van der Waals surface area (Å²) in [6, 6.07) is 17.3. The average Bonchev–Trinajstić information content (AvgIpc) is 2.84. The maximum atomic E-state index is 13.5. The van der Waals surface area contributed by atoms with Crippen molar-refractivity contribution in [3.63, 3.8) is 0 Å². The lowest BCUT2D eigenvalue weighted by Gasteiger charge is -2.38. The number of piperidine rings is 1. The Morgan fingerprint density at radius 2 is 1.60 bits per heavy atom. The Morgan fingerprint density at radius 3 is 2.26 bits per heavy atom. The van der Waals surface area contributed by atoms with Crippen molar-refractivity contribution in [2.24, 2.45) is 0 Å². The summed E-state index contributed by atoms with van der Waals surface area (Å²) in [5.41, 5.74) is 2.03. The highest BCUT2D eigenvalue weighted by atomic mass is 16.6. The van der Waals surface area contributed by atoms with Gasteiger partial charge in [0, 0.05) is 18.9 Å². The second kappa shape index (κ2) is 11.5. The van der Waals surface area contributed by atoms with Gasteiger partial charge in [-0.15, -0.1) is 0 Å². The summed E-state index contributed by atoms with van der Waals surface area (Å²) >= 11 is 0. The van der Waals surface area contributed by atoms with Gasteiger partial charge in [0.15, 0.2) is 5.78 Å². The molecular weight excluding hydrogens is 438 g/mol. The molecule has 5 nitrogen and oxygen atoms in total. The molecule has 2 aromatic rings. The van der Waals surface area contributed by atoms with Crippen LogP contribution in [0.1, 0.15) is 86.7 Å². The fourth-order valence-electron chi connectivity index (χ4n) is 5.25. The number of carbonyl (C=O) groups excluding carboxylic acids is 2. The average molecular weight is 478 g/mol. The minimum absolute atomic E-state index is 0.0760. The van der Waals surface area contributed by atoms with Gasteiger partial charge in [-0.25, -0.2) is 4.79 Å². The molecule has 0 radical (unpaired) electrons. The van der Waals surface area contributed by atoms with E-state index in [-0.39, 0.29) is 29.8 Å². The lowest BCUT2D eigenvalue weighted by atomic mass is 9.80. The first-order valence-electron chi connectivity index (χ1n) is 13.1. The van der Waals surface area contributed by atoms with Crippen LogP contribution in [0.4, 0.5) is 0 Å². The molecule has 1 aliphatic carbocycles. The third-order valence-corrected chi connectivity index (χ3v) is 6.96. The fraction of sp³-hybridized carbons (Fsp3) is 0.533. The molecule has 1 heterocycles. The van der Waals surface area contributed by atoms with E-state index in [9.17, 15) is 9.59 Å². The fourth-order valence-corrected chi connectivity index (χ4v) is 5.25. The van der Waals surface area contributed by atoms with E-state index in [1.807, 2.05) is 51.1 Å². The van der Waals surface area contributed by atoms with Crippen LogP contribution in [0.2, 0.25) is 0 Å². The summed E-state index contributed by atoms with van der Waals surface area (Å²) in [7, 11) is 0. The topological polar surface area (TPSA) is 64.6 Å². The Kier molecular flexibility index (Phi) is 8.40. The van der Waals surface area contributed by atoms with E-state index in [1.54, 1.807) is 12.1 Å². The molecule has 0 aromatic heterocycles. The Bertz CT molecular complexity index is 974. The van der Waals surface area contributed by atoms with Crippen molar-refractivity contribution in [1.29, 1.82) is 0 Å². The van der Waals surface area contributed by atoms with Gasteiger partial charge in [0.1, 0.15) is 5.60 Å². The third kappa shape index (κ3) is 7.25. The van der Waals surface area contributed by atoms with Gasteiger partial charge in [0.05, 0.1) is 23.8 Å². The van der Waals surface area contributed by atoms with Crippen molar-refractivity contribution >= 4 is 11.8 Å². The quantitative estimate of drug-likeness (QED) is 0.525. The predicted octanol–water partition coefficient (Wildman–Crippen LogP) is 5.62. The summed E-state index contributed by atoms with van der Waals surface area (Å²) in [5.74, 6) is -0.107. The van der Waals surface area contributed by atoms with Crippen LogP contribution in [0, 0.1) is 0 Å². The Balaban J connectivity index is 1.42. The SMILES string of the molecule is CC(C)(C)OC(=O)c1ccc(CC(=O)[C@H]2NC[C@@H](OC3CCCCC3)C[C@H]2c2ccccc2)cc1. The Labute approximate surface area is 209 Å². The van der Waals surface area contributed by atoms with E-state index < -0.39 is 5.60 Å². The van der Waals surface area contributed by atoms with E-state index in [4.69, 9.17) is 9.47 Å². The minimum Gasteiger partial charge on any atom is -0.456 e. The zero-order chi connectivity index (χ0) is 24.8. The van der Waals surface area contributed by atoms with Gasteiger partial charge in [0.2, 0.25) is 0 Å². The highest BCUT2D eigenvalue weighted by Gasteiger charge is 2.36. The molecule has 1 saturated heterocycles. The van der Waals surface area contributed by atoms with E-state index in [0.29, 0.717) is 24.6 Å². The van der Waals surface area contributed by atoms with Crippen LogP contribution in [-0.2, 0) is 20.7 Å². The van der Waals surface area contributed by atoms with Crippen molar-refractivity contribution in [3.05, 3.63) is 71.3 Å². The maximum absolute atomic E-state index is 13.5. The smallest absolute Gasteiger partial charge is 0.338 e. The molecule has 2 aromatic carbocycles. The highest BCUT2D eigenvalue weighted by molar-refractivity contribution is 5.90. The molecule has 188 valence electrons. The summed E-state index contributed by atoms with van der Waals surface area (Å²) in [5, 5.41) is 3.53. The molecule has 5 heteroatoms. The van der Waals surface area contributed by atoms with E-state index in [2.05, 4.69) is 17.4 Å². The van der Waals surface area contributed by atoms with Crippen molar-refractivity contribution in [2.45, 2.75) is 95.5 Å². The molecule has 2 fully saturated rings. The molecule has 3 atom stereocenters. The molecule has 0 unspecified atom stereocenters. The summed E-state index contributed by atoms with van der Waals surface area (Å²) in [6.45, 7) is 6.25. The molecule has 4 rings (SSSR count). The number of rotatable bonds is 7. The zero-order valence-corrected chi connectivity index (χ0v) is 21.3. The number of hydrogen-bond acceptors (Lipinski definition) is 5. The lowest BCUT2D eigenvalue weighted by molar-refractivity contribution is -0.123. The van der Waals surface area contributed by atoms with Crippen LogP contribution in [0.25, 0.3) is 0 Å². The minimum atomic E-state index is -0.538. The zero-order valence-electron chi connectivity index (χ0n) is 21.3. The maximum Gasteiger partial charge on any atom is 0.338 e. The first-order valence-corrected chi connectivity index (χ1v) is 13.1. The molecule has 2 aliphatic rings. The number of ether oxygens (including phenoxy) is 2. The Hall–Kier alpha value is -2.50. The van der Waals surface area contributed by atoms with Gasteiger partial charge >= 0.3 is 5.97 Å². The van der Waals surface area contributed by atoms with Crippen LogP contribution in [-0.4, -0.2) is 42.1 Å². The molecule has 0 spiro atoms. The van der Waals surface area contributed by atoms with Gasteiger partial charge in [-0.05, 0) is 63.3 Å². The monoisotopic (exact) mass is 477 g/mol. The first kappa shape index (κ1) is 25.6.